The molecule has 1 atom stereocenters. The van der Waals surface area contributed by atoms with Crippen LogP contribution in [0.5, 0.6) is 0 Å². The van der Waals surface area contributed by atoms with E-state index in [1.165, 1.54) is 18.2 Å². The Morgan fingerprint density at radius 3 is 2.93 bits per heavy atom. The average Bonchev–Trinajstić information content (AvgIpc) is 2.69. The van der Waals surface area contributed by atoms with E-state index >= 15 is 0 Å². The van der Waals surface area contributed by atoms with Gasteiger partial charge in [-0.05, 0) is 30.4 Å². The molecule has 0 amide bonds. The summed E-state index contributed by atoms with van der Waals surface area (Å²) in [5.41, 5.74) is 6.33. The van der Waals surface area contributed by atoms with Crippen molar-refractivity contribution in [3.63, 3.8) is 0 Å². The minimum Gasteiger partial charge on any atom is -0.398 e. The van der Waals surface area contributed by atoms with Gasteiger partial charge in [-0.1, -0.05) is 0 Å². The number of ketones is 1. The highest BCUT2D eigenvalue weighted by Gasteiger charge is 2.25. The molecule has 1 aliphatic heterocycles. The molecule has 80 valence electrons. The van der Waals surface area contributed by atoms with E-state index in [0.717, 1.165) is 17.9 Å². The number of nitrogens with two attached hydrogens (primary N) is 1. The maximum Gasteiger partial charge on any atom is 0.168 e. The van der Waals surface area contributed by atoms with Crippen LogP contribution in [-0.2, 0) is 0 Å². The lowest BCUT2D eigenvalue weighted by atomic mass is 9.96. The molecule has 1 unspecified atom stereocenters. The number of carbonyl (C=O) groups excluding carboxylic acids is 1. The van der Waals surface area contributed by atoms with Gasteiger partial charge in [-0.15, -0.1) is 0 Å². The smallest absolute Gasteiger partial charge is 0.168 e. The van der Waals surface area contributed by atoms with Crippen molar-refractivity contribution in [2.45, 2.75) is 6.42 Å². The Morgan fingerprint density at radius 1 is 1.53 bits per heavy atom. The highest BCUT2D eigenvalue weighted by Crippen LogP contribution is 2.28. The van der Waals surface area contributed by atoms with Gasteiger partial charge >= 0.3 is 0 Å². The summed E-state index contributed by atoms with van der Waals surface area (Å²) >= 11 is 1.78. The van der Waals surface area contributed by atoms with Gasteiger partial charge < -0.3 is 5.73 Å². The van der Waals surface area contributed by atoms with Gasteiger partial charge in [0, 0.05) is 22.9 Å². The van der Waals surface area contributed by atoms with Crippen molar-refractivity contribution >= 4 is 23.2 Å². The Bertz CT molecular complexity index is 388. The number of hydrogen-bond acceptors (Lipinski definition) is 3. The van der Waals surface area contributed by atoms with Crippen LogP contribution in [0.15, 0.2) is 18.2 Å². The van der Waals surface area contributed by atoms with Gasteiger partial charge in [0.25, 0.3) is 0 Å². The van der Waals surface area contributed by atoms with Crippen LogP contribution in [0.4, 0.5) is 10.1 Å². The molecule has 2 N–H and O–H groups in total. The van der Waals surface area contributed by atoms with Gasteiger partial charge in [0.2, 0.25) is 0 Å². The van der Waals surface area contributed by atoms with Crippen molar-refractivity contribution in [1.82, 2.24) is 0 Å². The van der Waals surface area contributed by atoms with Crippen LogP contribution >= 0.6 is 11.8 Å². The Hall–Kier alpha value is -1.03. The van der Waals surface area contributed by atoms with Crippen molar-refractivity contribution in [2.75, 3.05) is 17.2 Å². The first-order valence-electron chi connectivity index (χ1n) is 4.85. The largest absolute Gasteiger partial charge is 0.398 e. The predicted molar refractivity (Wildman–Crippen MR) is 60.6 cm³/mol. The summed E-state index contributed by atoms with van der Waals surface area (Å²) in [6.45, 7) is 0. The molecular weight excluding hydrogens is 213 g/mol. The van der Waals surface area contributed by atoms with Crippen molar-refractivity contribution < 1.29 is 9.18 Å². The standard InChI is InChI=1S/C11H12FNOS/c12-8-1-2-9(10(13)5-8)11(14)7-3-4-15-6-7/h1-2,5,7H,3-4,6,13H2. The van der Waals surface area contributed by atoms with Crippen LogP contribution in [0.1, 0.15) is 16.8 Å². The number of Topliss-reactive ketones (excluding diaryl/α,β-unsaturated/α-hetero) is 1. The van der Waals surface area contributed by atoms with Crippen LogP contribution < -0.4 is 5.73 Å². The molecule has 0 saturated carbocycles. The monoisotopic (exact) mass is 225 g/mol. The van der Waals surface area contributed by atoms with Crippen molar-refractivity contribution in [1.29, 1.82) is 0 Å². The maximum atomic E-state index is 12.8. The molecule has 1 fully saturated rings. The molecule has 1 aromatic rings. The number of hydrogen-bond donors (Lipinski definition) is 1. The molecule has 4 heteroatoms. The van der Waals surface area contributed by atoms with Gasteiger partial charge in [0.1, 0.15) is 5.82 Å². The first-order chi connectivity index (χ1) is 7.18. The lowest BCUT2D eigenvalue weighted by molar-refractivity contribution is 0.0934. The Labute approximate surface area is 92.0 Å². The second-order valence-electron chi connectivity index (χ2n) is 3.66. The minimum atomic E-state index is -0.398. The second-order valence-corrected chi connectivity index (χ2v) is 4.81. The van der Waals surface area contributed by atoms with Crippen molar-refractivity contribution in [3.8, 4) is 0 Å². The van der Waals surface area contributed by atoms with E-state index < -0.39 is 5.82 Å². The molecule has 1 heterocycles. The Kier molecular flexibility index (Phi) is 2.95. The van der Waals surface area contributed by atoms with Crippen LogP contribution in [0.2, 0.25) is 0 Å². The summed E-state index contributed by atoms with van der Waals surface area (Å²) in [6, 6.07) is 3.97. The van der Waals surface area contributed by atoms with Crippen molar-refractivity contribution in [2.24, 2.45) is 5.92 Å². The lowest BCUT2D eigenvalue weighted by Crippen LogP contribution is -2.15. The number of rotatable bonds is 2. The fourth-order valence-corrected chi connectivity index (χ4v) is 2.94. The van der Waals surface area contributed by atoms with Gasteiger partial charge in [0.05, 0.1) is 0 Å². The van der Waals surface area contributed by atoms with Crippen LogP contribution in [0, 0.1) is 11.7 Å². The molecule has 0 radical (unpaired) electrons. The highest BCUT2D eigenvalue weighted by molar-refractivity contribution is 7.99. The van der Waals surface area contributed by atoms with E-state index in [2.05, 4.69) is 0 Å². The van der Waals surface area contributed by atoms with Gasteiger partial charge in [-0.2, -0.15) is 11.8 Å². The number of benzene rings is 1. The van der Waals surface area contributed by atoms with E-state index in [1.54, 1.807) is 11.8 Å². The number of halogens is 1. The highest BCUT2D eigenvalue weighted by atomic mass is 32.2. The molecule has 0 aliphatic carbocycles. The summed E-state index contributed by atoms with van der Waals surface area (Å²) < 4.78 is 12.8. The third kappa shape index (κ3) is 2.15. The van der Waals surface area contributed by atoms with Gasteiger partial charge in [0.15, 0.2) is 5.78 Å². The zero-order valence-electron chi connectivity index (χ0n) is 8.20. The molecular formula is C11H12FNOS. The number of carbonyl (C=O) groups is 1. The van der Waals surface area contributed by atoms with E-state index in [1.807, 2.05) is 0 Å². The van der Waals surface area contributed by atoms with Gasteiger partial charge in [-0.3, -0.25) is 4.79 Å². The number of anilines is 1. The van der Waals surface area contributed by atoms with E-state index in [0.29, 0.717) is 5.56 Å². The second kappa shape index (κ2) is 4.23. The summed E-state index contributed by atoms with van der Waals surface area (Å²) in [5, 5.41) is 0. The molecule has 1 aromatic carbocycles. The molecule has 15 heavy (non-hydrogen) atoms. The van der Waals surface area contributed by atoms with E-state index in [9.17, 15) is 9.18 Å². The molecule has 2 nitrogen and oxygen atoms in total. The summed E-state index contributed by atoms with van der Waals surface area (Å²) in [6.07, 6.45) is 0.903. The molecule has 2 rings (SSSR count). The Balaban J connectivity index is 2.24. The number of thioether (sulfide) groups is 1. The van der Waals surface area contributed by atoms with Crippen LogP contribution in [0.3, 0.4) is 0 Å². The van der Waals surface area contributed by atoms with E-state index in [-0.39, 0.29) is 17.4 Å². The third-order valence-corrected chi connectivity index (χ3v) is 3.74. The summed E-state index contributed by atoms with van der Waals surface area (Å²) in [4.78, 5) is 12.0. The van der Waals surface area contributed by atoms with Crippen LogP contribution in [-0.4, -0.2) is 17.3 Å². The quantitative estimate of drug-likeness (QED) is 0.620. The zero-order chi connectivity index (χ0) is 10.8. The summed E-state index contributed by atoms with van der Waals surface area (Å²) in [7, 11) is 0. The number of nitrogen functional groups attached to an aromatic ring is 1. The average molecular weight is 225 g/mol. The molecule has 0 aromatic heterocycles. The molecule has 0 spiro atoms. The normalized spacial score (nSPS) is 20.5. The third-order valence-electron chi connectivity index (χ3n) is 2.58. The molecule has 1 aliphatic rings. The summed E-state index contributed by atoms with van der Waals surface area (Å²) in [5.74, 6) is 1.60. The van der Waals surface area contributed by atoms with Gasteiger partial charge in [-0.25, -0.2) is 4.39 Å². The predicted octanol–water partition coefficient (Wildman–Crippen LogP) is 2.34. The Morgan fingerprint density at radius 2 is 2.33 bits per heavy atom. The zero-order valence-corrected chi connectivity index (χ0v) is 9.02. The fraction of sp³-hybridized carbons (Fsp3) is 0.364. The topological polar surface area (TPSA) is 43.1 Å². The van der Waals surface area contributed by atoms with Crippen molar-refractivity contribution in [3.05, 3.63) is 29.6 Å². The fourth-order valence-electron chi connectivity index (χ4n) is 1.72. The first kappa shape index (κ1) is 10.5. The maximum absolute atomic E-state index is 12.8. The minimum absolute atomic E-state index is 0.0532. The first-order valence-corrected chi connectivity index (χ1v) is 6.01. The van der Waals surface area contributed by atoms with Crippen LogP contribution in [0.25, 0.3) is 0 Å². The molecule has 1 saturated heterocycles. The van der Waals surface area contributed by atoms with E-state index in [4.69, 9.17) is 5.73 Å². The SMILES string of the molecule is Nc1cc(F)ccc1C(=O)C1CCSC1. The lowest BCUT2D eigenvalue weighted by Gasteiger charge is -2.09. The molecule has 0 bridgehead atoms.